The maximum absolute atomic E-state index is 15.3. The van der Waals surface area contributed by atoms with Gasteiger partial charge in [0, 0.05) is 17.5 Å². The molecule has 0 bridgehead atoms. The Kier molecular flexibility index (Phi) is 8.93. The van der Waals surface area contributed by atoms with E-state index in [4.69, 9.17) is 25.8 Å². The topological polar surface area (TPSA) is 78.9 Å². The summed E-state index contributed by atoms with van der Waals surface area (Å²) in [7, 11) is -3.16. The fourth-order valence-electron chi connectivity index (χ4n) is 5.06. The van der Waals surface area contributed by atoms with Crippen LogP contribution in [0.5, 0.6) is 5.75 Å². The summed E-state index contributed by atoms with van der Waals surface area (Å²) in [6, 6.07) is 16.7. The van der Waals surface area contributed by atoms with Crippen LogP contribution in [-0.4, -0.2) is 34.7 Å². The van der Waals surface area contributed by atoms with Crippen molar-refractivity contribution in [3.05, 3.63) is 94.5 Å². The standard InChI is InChI=1S/C29H29ClF2O6S/c1-29(28(33)36-2,15-6-16-37-17-19-7-4-3-5-8-19)22-18-38-26-24(32)14-13-23(31)25(26)27(22)39(34,35)21-11-9-20(30)10-12-21/h3-5,7-14,22,27H,6,15-18H2,1-2H3. The first kappa shape index (κ1) is 29.0. The molecule has 0 aliphatic carbocycles. The molecule has 0 radical (unpaired) electrons. The first-order chi connectivity index (χ1) is 18.6. The number of benzene rings is 3. The minimum Gasteiger partial charge on any atom is -0.490 e. The van der Waals surface area contributed by atoms with Crippen molar-refractivity contribution in [3.8, 4) is 5.75 Å². The molecule has 0 amide bonds. The van der Waals surface area contributed by atoms with Gasteiger partial charge in [-0.15, -0.1) is 0 Å². The number of carbonyl (C=O) groups is 1. The lowest BCUT2D eigenvalue weighted by Crippen LogP contribution is -2.47. The van der Waals surface area contributed by atoms with Crippen molar-refractivity contribution < 1.29 is 36.2 Å². The summed E-state index contributed by atoms with van der Waals surface area (Å²) in [6.45, 7) is 1.87. The second kappa shape index (κ2) is 12.0. The van der Waals surface area contributed by atoms with Crippen LogP contribution in [0, 0.1) is 23.0 Å². The van der Waals surface area contributed by atoms with Gasteiger partial charge in [0.2, 0.25) is 0 Å². The van der Waals surface area contributed by atoms with Crippen LogP contribution in [0.3, 0.4) is 0 Å². The van der Waals surface area contributed by atoms with Crippen LogP contribution in [0.2, 0.25) is 5.02 Å². The summed E-state index contributed by atoms with van der Waals surface area (Å²) in [5.74, 6) is -4.11. The Morgan fingerprint density at radius 3 is 2.38 bits per heavy atom. The van der Waals surface area contributed by atoms with Crippen molar-refractivity contribution in [2.24, 2.45) is 11.3 Å². The van der Waals surface area contributed by atoms with Crippen molar-refractivity contribution in [1.82, 2.24) is 0 Å². The number of ether oxygens (including phenoxy) is 3. The number of sulfone groups is 1. The van der Waals surface area contributed by atoms with Gasteiger partial charge in [0.25, 0.3) is 0 Å². The van der Waals surface area contributed by atoms with Crippen LogP contribution in [0.1, 0.15) is 36.1 Å². The Morgan fingerprint density at radius 2 is 1.72 bits per heavy atom. The van der Waals surface area contributed by atoms with Gasteiger partial charge in [0.05, 0.1) is 36.2 Å². The summed E-state index contributed by atoms with van der Waals surface area (Å²) in [6.07, 6.45) is 0.530. The van der Waals surface area contributed by atoms with Gasteiger partial charge in [-0.2, -0.15) is 0 Å². The highest BCUT2D eigenvalue weighted by atomic mass is 35.5. The highest BCUT2D eigenvalue weighted by Gasteiger charge is 2.54. The van der Waals surface area contributed by atoms with Crippen molar-refractivity contribution >= 4 is 27.4 Å². The van der Waals surface area contributed by atoms with E-state index in [1.807, 2.05) is 30.3 Å². The predicted molar refractivity (Wildman–Crippen MR) is 142 cm³/mol. The van der Waals surface area contributed by atoms with Gasteiger partial charge in [-0.1, -0.05) is 41.9 Å². The molecule has 0 saturated carbocycles. The number of fused-ring (bicyclic) bond motifs is 1. The maximum atomic E-state index is 15.3. The monoisotopic (exact) mass is 578 g/mol. The predicted octanol–water partition coefficient (Wildman–Crippen LogP) is 6.32. The molecule has 3 aromatic carbocycles. The van der Waals surface area contributed by atoms with Gasteiger partial charge in [-0.05, 0) is 61.7 Å². The highest BCUT2D eigenvalue weighted by molar-refractivity contribution is 7.91. The van der Waals surface area contributed by atoms with E-state index >= 15 is 4.39 Å². The van der Waals surface area contributed by atoms with E-state index in [0.717, 1.165) is 17.7 Å². The summed E-state index contributed by atoms with van der Waals surface area (Å²) in [5, 5.41) is -1.32. The normalized spacial score (nSPS) is 18.5. The van der Waals surface area contributed by atoms with E-state index in [-0.39, 0.29) is 24.5 Å². The molecule has 1 heterocycles. The summed E-state index contributed by atoms with van der Waals surface area (Å²) < 4.78 is 74.6. The number of esters is 1. The molecule has 3 aromatic rings. The number of rotatable bonds is 10. The molecular weight excluding hydrogens is 550 g/mol. The third kappa shape index (κ3) is 5.95. The van der Waals surface area contributed by atoms with Gasteiger partial charge in [-0.25, -0.2) is 17.2 Å². The van der Waals surface area contributed by atoms with Gasteiger partial charge in [-0.3, -0.25) is 4.79 Å². The quantitative estimate of drug-likeness (QED) is 0.207. The van der Waals surface area contributed by atoms with E-state index in [9.17, 15) is 17.6 Å². The third-order valence-electron chi connectivity index (χ3n) is 7.19. The summed E-state index contributed by atoms with van der Waals surface area (Å²) in [4.78, 5) is 13.1. The molecule has 208 valence electrons. The lowest BCUT2D eigenvalue weighted by Gasteiger charge is -2.42. The molecule has 1 aliphatic rings. The molecule has 3 unspecified atom stereocenters. The van der Waals surface area contributed by atoms with Crippen molar-refractivity contribution in [2.75, 3.05) is 20.3 Å². The van der Waals surface area contributed by atoms with Crippen LogP contribution >= 0.6 is 11.6 Å². The molecule has 6 nitrogen and oxygen atoms in total. The molecule has 3 atom stereocenters. The number of hydrogen-bond acceptors (Lipinski definition) is 6. The number of carbonyl (C=O) groups excluding carboxylic acids is 1. The van der Waals surface area contributed by atoms with Crippen LogP contribution in [0.25, 0.3) is 0 Å². The molecule has 10 heteroatoms. The van der Waals surface area contributed by atoms with Gasteiger partial charge < -0.3 is 14.2 Å². The fourth-order valence-corrected chi connectivity index (χ4v) is 7.34. The average Bonchev–Trinajstić information content (AvgIpc) is 2.94. The molecule has 0 spiro atoms. The average molecular weight is 579 g/mol. The lowest BCUT2D eigenvalue weighted by atomic mass is 9.70. The molecule has 0 aromatic heterocycles. The second-order valence-electron chi connectivity index (χ2n) is 9.66. The SMILES string of the molecule is COC(=O)C(C)(CCCOCc1ccccc1)C1COc2c(F)ccc(F)c2C1S(=O)(=O)c1ccc(Cl)cc1. The molecule has 39 heavy (non-hydrogen) atoms. The summed E-state index contributed by atoms with van der Waals surface area (Å²) >= 11 is 5.96. The lowest BCUT2D eigenvalue weighted by molar-refractivity contribution is -0.157. The summed E-state index contributed by atoms with van der Waals surface area (Å²) in [5.41, 5.74) is -0.903. The van der Waals surface area contributed by atoms with E-state index in [1.54, 1.807) is 6.92 Å². The van der Waals surface area contributed by atoms with Gasteiger partial charge in [0.15, 0.2) is 21.4 Å². The molecule has 0 N–H and O–H groups in total. The Bertz CT molecular complexity index is 1420. The minimum absolute atomic E-state index is 0.142. The Balaban J connectivity index is 1.70. The number of halogens is 3. The zero-order valence-corrected chi connectivity index (χ0v) is 23.1. The van der Waals surface area contributed by atoms with Crippen molar-refractivity contribution in [3.63, 3.8) is 0 Å². The largest absolute Gasteiger partial charge is 0.490 e. The van der Waals surface area contributed by atoms with Gasteiger partial charge >= 0.3 is 5.97 Å². The van der Waals surface area contributed by atoms with E-state index in [2.05, 4.69) is 0 Å². The molecule has 4 rings (SSSR count). The zero-order chi connectivity index (χ0) is 28.2. The van der Waals surface area contributed by atoms with Crippen LogP contribution < -0.4 is 4.74 Å². The first-order valence-electron chi connectivity index (χ1n) is 12.4. The van der Waals surface area contributed by atoms with E-state index in [1.165, 1.54) is 31.4 Å². The maximum Gasteiger partial charge on any atom is 0.311 e. The molecule has 0 fully saturated rings. The Hall–Kier alpha value is -3.01. The second-order valence-corrected chi connectivity index (χ2v) is 12.2. The highest BCUT2D eigenvalue weighted by Crippen LogP contribution is 2.53. The first-order valence-corrected chi connectivity index (χ1v) is 14.3. The van der Waals surface area contributed by atoms with Crippen molar-refractivity contribution in [2.45, 2.75) is 36.5 Å². The Labute approximate surface area is 231 Å². The minimum atomic E-state index is -4.36. The van der Waals surface area contributed by atoms with Gasteiger partial charge in [0.1, 0.15) is 11.1 Å². The molecule has 1 aliphatic heterocycles. The van der Waals surface area contributed by atoms with E-state index in [0.29, 0.717) is 18.1 Å². The smallest absolute Gasteiger partial charge is 0.311 e. The molecular formula is C29H29ClF2O6S. The Morgan fingerprint density at radius 1 is 1.05 bits per heavy atom. The van der Waals surface area contributed by atoms with Crippen molar-refractivity contribution in [1.29, 1.82) is 0 Å². The number of hydrogen-bond donors (Lipinski definition) is 0. The zero-order valence-electron chi connectivity index (χ0n) is 21.5. The van der Waals surface area contributed by atoms with E-state index < -0.39 is 55.3 Å². The molecule has 0 saturated heterocycles. The van der Waals surface area contributed by atoms with Crippen LogP contribution in [-0.2, 0) is 30.7 Å². The van der Waals surface area contributed by atoms with Crippen LogP contribution in [0.15, 0.2) is 71.6 Å². The third-order valence-corrected chi connectivity index (χ3v) is 9.61. The fraction of sp³-hybridized carbons (Fsp3) is 0.345. The van der Waals surface area contributed by atoms with Crippen LogP contribution in [0.4, 0.5) is 8.78 Å². The number of methoxy groups -OCH3 is 1.